The first-order valence-electron chi connectivity index (χ1n) is 5.14. The van der Waals surface area contributed by atoms with Gasteiger partial charge in [0, 0.05) is 12.6 Å². The van der Waals surface area contributed by atoms with E-state index in [1.54, 1.807) is 18.2 Å². The second kappa shape index (κ2) is 5.46. The molecule has 0 bridgehead atoms. The third-order valence-electron chi connectivity index (χ3n) is 2.30. The standard InChI is InChI=1S/C11H19N3O/c1-3-4-7-14(13)11-6-5-9(15-2)8-10(11)12/h5-6,8H,3-4,7,12-13H2,1-2H3. The Morgan fingerprint density at radius 3 is 2.67 bits per heavy atom. The summed E-state index contributed by atoms with van der Waals surface area (Å²) in [4.78, 5) is 0. The van der Waals surface area contributed by atoms with Crippen LogP contribution in [-0.2, 0) is 0 Å². The number of hydrogen-bond donors (Lipinski definition) is 2. The molecular formula is C11H19N3O. The molecule has 0 saturated heterocycles. The van der Waals surface area contributed by atoms with Gasteiger partial charge in [-0.15, -0.1) is 0 Å². The van der Waals surface area contributed by atoms with Gasteiger partial charge < -0.3 is 15.5 Å². The Bertz CT molecular complexity index is 315. The molecule has 1 aromatic rings. The van der Waals surface area contributed by atoms with E-state index in [1.165, 1.54) is 0 Å². The number of nitrogen functional groups attached to an aromatic ring is 1. The molecule has 0 radical (unpaired) electrons. The van der Waals surface area contributed by atoms with Gasteiger partial charge in [-0.05, 0) is 18.6 Å². The molecule has 1 rings (SSSR count). The van der Waals surface area contributed by atoms with Crippen molar-refractivity contribution in [2.45, 2.75) is 19.8 Å². The highest BCUT2D eigenvalue weighted by atomic mass is 16.5. The molecule has 0 amide bonds. The predicted molar refractivity (Wildman–Crippen MR) is 63.8 cm³/mol. The van der Waals surface area contributed by atoms with Crippen LogP contribution in [0.4, 0.5) is 11.4 Å². The van der Waals surface area contributed by atoms with Crippen molar-refractivity contribution in [2.24, 2.45) is 5.84 Å². The first kappa shape index (κ1) is 11.7. The number of ether oxygens (including phenoxy) is 1. The summed E-state index contributed by atoms with van der Waals surface area (Å²) in [7, 11) is 1.62. The predicted octanol–water partition coefficient (Wildman–Crippen LogP) is 1.76. The monoisotopic (exact) mass is 209 g/mol. The maximum atomic E-state index is 5.89. The summed E-state index contributed by atoms with van der Waals surface area (Å²) in [5.74, 6) is 6.64. The van der Waals surface area contributed by atoms with Gasteiger partial charge in [-0.2, -0.15) is 0 Å². The van der Waals surface area contributed by atoms with E-state index in [0.717, 1.165) is 30.8 Å². The third-order valence-corrected chi connectivity index (χ3v) is 2.30. The van der Waals surface area contributed by atoms with E-state index in [9.17, 15) is 0 Å². The number of anilines is 2. The summed E-state index contributed by atoms with van der Waals surface area (Å²) < 4.78 is 5.07. The lowest BCUT2D eigenvalue weighted by atomic mass is 10.2. The third kappa shape index (κ3) is 3.02. The minimum absolute atomic E-state index is 0.646. The molecule has 0 fully saturated rings. The average molecular weight is 209 g/mol. The summed E-state index contributed by atoms with van der Waals surface area (Å²) in [5.41, 5.74) is 7.37. The molecule has 0 aliphatic heterocycles. The van der Waals surface area contributed by atoms with Crippen molar-refractivity contribution in [3.8, 4) is 5.75 Å². The molecule has 4 N–H and O–H groups in total. The number of hydrogen-bond acceptors (Lipinski definition) is 4. The summed E-state index contributed by atoms with van der Waals surface area (Å²) in [5, 5.41) is 1.68. The average Bonchev–Trinajstić information content (AvgIpc) is 2.25. The molecule has 0 unspecified atom stereocenters. The van der Waals surface area contributed by atoms with Crippen LogP contribution in [0, 0.1) is 0 Å². The van der Waals surface area contributed by atoms with Crippen molar-refractivity contribution < 1.29 is 4.74 Å². The number of methoxy groups -OCH3 is 1. The number of nitrogens with two attached hydrogens (primary N) is 2. The van der Waals surface area contributed by atoms with Crippen molar-refractivity contribution in [3.05, 3.63) is 18.2 Å². The van der Waals surface area contributed by atoms with Gasteiger partial charge in [0.05, 0.1) is 18.5 Å². The number of nitrogens with zero attached hydrogens (tertiary/aromatic N) is 1. The van der Waals surface area contributed by atoms with Crippen LogP contribution in [0.25, 0.3) is 0 Å². The number of hydrazine groups is 1. The smallest absolute Gasteiger partial charge is 0.121 e. The van der Waals surface area contributed by atoms with Gasteiger partial charge in [0.25, 0.3) is 0 Å². The zero-order chi connectivity index (χ0) is 11.3. The second-order valence-electron chi connectivity index (χ2n) is 3.47. The SMILES string of the molecule is CCCCN(N)c1ccc(OC)cc1N. The first-order valence-corrected chi connectivity index (χ1v) is 5.14. The molecule has 0 atom stereocenters. The van der Waals surface area contributed by atoms with Crippen molar-refractivity contribution in [1.29, 1.82) is 0 Å². The lowest BCUT2D eigenvalue weighted by Crippen LogP contribution is -2.32. The molecule has 0 aliphatic rings. The van der Waals surface area contributed by atoms with Crippen LogP contribution < -0.4 is 21.3 Å². The summed E-state index contributed by atoms with van der Waals surface area (Å²) in [6.07, 6.45) is 2.17. The largest absolute Gasteiger partial charge is 0.497 e. The van der Waals surface area contributed by atoms with Gasteiger partial charge in [0.1, 0.15) is 5.75 Å². The Labute approximate surface area is 90.8 Å². The Balaban J connectivity index is 2.76. The molecule has 0 aromatic heterocycles. The Morgan fingerprint density at radius 2 is 2.13 bits per heavy atom. The molecule has 0 aliphatic carbocycles. The molecule has 15 heavy (non-hydrogen) atoms. The molecule has 0 spiro atoms. The van der Waals surface area contributed by atoms with Crippen molar-refractivity contribution in [2.75, 3.05) is 24.4 Å². The molecule has 0 saturated carbocycles. The lowest BCUT2D eigenvalue weighted by molar-refractivity contribution is 0.415. The van der Waals surface area contributed by atoms with Crippen molar-refractivity contribution in [1.82, 2.24) is 0 Å². The van der Waals surface area contributed by atoms with Crippen LogP contribution in [0.3, 0.4) is 0 Å². The van der Waals surface area contributed by atoms with Gasteiger partial charge in [-0.3, -0.25) is 0 Å². The fraction of sp³-hybridized carbons (Fsp3) is 0.455. The minimum Gasteiger partial charge on any atom is -0.497 e. The van der Waals surface area contributed by atoms with Gasteiger partial charge in [-0.25, -0.2) is 5.84 Å². The highest BCUT2D eigenvalue weighted by Crippen LogP contribution is 2.26. The summed E-state index contributed by atoms with van der Waals surface area (Å²) in [6.45, 7) is 2.94. The summed E-state index contributed by atoms with van der Waals surface area (Å²) >= 11 is 0. The molecule has 4 heteroatoms. The summed E-state index contributed by atoms with van der Waals surface area (Å²) in [6, 6.07) is 5.52. The van der Waals surface area contributed by atoms with E-state index in [0.29, 0.717) is 5.69 Å². The van der Waals surface area contributed by atoms with Crippen LogP contribution in [0.1, 0.15) is 19.8 Å². The van der Waals surface area contributed by atoms with Crippen molar-refractivity contribution >= 4 is 11.4 Å². The molecular weight excluding hydrogens is 190 g/mol. The normalized spacial score (nSPS) is 10.1. The van der Waals surface area contributed by atoms with Crippen LogP contribution in [0.15, 0.2) is 18.2 Å². The van der Waals surface area contributed by atoms with E-state index in [2.05, 4.69) is 6.92 Å². The van der Waals surface area contributed by atoms with Crippen LogP contribution in [0.5, 0.6) is 5.75 Å². The molecule has 4 nitrogen and oxygen atoms in total. The second-order valence-corrected chi connectivity index (χ2v) is 3.47. The first-order chi connectivity index (χ1) is 7.19. The number of unbranched alkanes of at least 4 members (excludes halogenated alkanes) is 1. The maximum Gasteiger partial charge on any atom is 0.121 e. The highest BCUT2D eigenvalue weighted by Gasteiger charge is 2.06. The van der Waals surface area contributed by atoms with Crippen molar-refractivity contribution in [3.63, 3.8) is 0 Å². The topological polar surface area (TPSA) is 64.5 Å². The lowest BCUT2D eigenvalue weighted by Gasteiger charge is -2.20. The van der Waals surface area contributed by atoms with Gasteiger partial charge in [-0.1, -0.05) is 13.3 Å². The highest BCUT2D eigenvalue weighted by molar-refractivity contribution is 5.68. The van der Waals surface area contributed by atoms with E-state index in [1.807, 2.05) is 12.1 Å². The van der Waals surface area contributed by atoms with Crippen LogP contribution in [0.2, 0.25) is 0 Å². The number of rotatable bonds is 5. The maximum absolute atomic E-state index is 5.89. The van der Waals surface area contributed by atoms with E-state index < -0.39 is 0 Å². The molecule has 0 heterocycles. The van der Waals surface area contributed by atoms with Crippen LogP contribution >= 0.6 is 0 Å². The van der Waals surface area contributed by atoms with Gasteiger partial charge in [0.2, 0.25) is 0 Å². The fourth-order valence-electron chi connectivity index (χ4n) is 1.37. The fourth-order valence-corrected chi connectivity index (χ4v) is 1.37. The molecule has 84 valence electrons. The Hall–Kier alpha value is -1.42. The minimum atomic E-state index is 0.646. The number of benzene rings is 1. The zero-order valence-electron chi connectivity index (χ0n) is 9.36. The zero-order valence-corrected chi connectivity index (χ0v) is 9.36. The van der Waals surface area contributed by atoms with E-state index in [4.69, 9.17) is 16.3 Å². The van der Waals surface area contributed by atoms with E-state index >= 15 is 0 Å². The Kier molecular flexibility index (Phi) is 4.24. The Morgan fingerprint density at radius 1 is 1.40 bits per heavy atom. The van der Waals surface area contributed by atoms with Gasteiger partial charge in [0.15, 0.2) is 0 Å². The molecule has 1 aromatic carbocycles. The van der Waals surface area contributed by atoms with E-state index in [-0.39, 0.29) is 0 Å². The van der Waals surface area contributed by atoms with Crippen LogP contribution in [-0.4, -0.2) is 13.7 Å². The van der Waals surface area contributed by atoms with Gasteiger partial charge >= 0.3 is 0 Å². The quantitative estimate of drug-likeness (QED) is 0.440.